The molecule has 1 amide bonds. The number of hydrogen-bond donors (Lipinski definition) is 1. The van der Waals surface area contributed by atoms with E-state index in [1.54, 1.807) is 7.05 Å². The first-order valence-electron chi connectivity index (χ1n) is 10.7. The Labute approximate surface area is 209 Å². The molecule has 2 aromatic carbocycles. The molecule has 15 heteroatoms. The number of aromatic nitrogens is 4. The summed E-state index contributed by atoms with van der Waals surface area (Å²) in [5.74, 6) is -1.58. The highest BCUT2D eigenvalue weighted by atomic mass is 19.4. The molecule has 4 aromatic rings. The van der Waals surface area contributed by atoms with Crippen molar-refractivity contribution in [3.8, 4) is 11.6 Å². The summed E-state index contributed by atoms with van der Waals surface area (Å²) >= 11 is 0. The third kappa shape index (κ3) is 5.76. The number of halogens is 7. The van der Waals surface area contributed by atoms with Gasteiger partial charge in [0, 0.05) is 18.8 Å². The van der Waals surface area contributed by atoms with Crippen LogP contribution in [0, 0.1) is 5.82 Å². The van der Waals surface area contributed by atoms with Crippen molar-refractivity contribution in [1.29, 1.82) is 0 Å². The number of rotatable bonds is 6. The molecule has 0 unspecified atom stereocenters. The fourth-order valence-corrected chi connectivity index (χ4v) is 3.62. The molecule has 0 bridgehead atoms. The van der Waals surface area contributed by atoms with Gasteiger partial charge in [0.2, 0.25) is 11.8 Å². The van der Waals surface area contributed by atoms with Crippen LogP contribution >= 0.6 is 0 Å². The SMILES string of the molecule is Cn1nc(N)cc1-c1nnc(CN(C(=O)Cc2ccc(C(F)(F)F)cc2C(F)(F)F)c2ccc(F)cc2)o1. The Morgan fingerprint density at radius 2 is 1.68 bits per heavy atom. The van der Waals surface area contributed by atoms with Crippen molar-refractivity contribution in [2.24, 2.45) is 7.05 Å². The average molecular weight is 542 g/mol. The first-order chi connectivity index (χ1) is 17.7. The molecule has 4 rings (SSSR count). The predicted octanol–water partition coefficient (Wildman–Crippen LogP) is 5.00. The highest BCUT2D eigenvalue weighted by molar-refractivity contribution is 5.94. The molecule has 0 fully saturated rings. The van der Waals surface area contributed by atoms with Crippen LogP contribution in [0.5, 0.6) is 0 Å². The molecule has 0 aliphatic rings. The fraction of sp³-hybridized carbons (Fsp3) is 0.217. The van der Waals surface area contributed by atoms with Crippen LogP contribution in [-0.2, 0) is 37.2 Å². The number of amides is 1. The fourth-order valence-electron chi connectivity index (χ4n) is 3.62. The van der Waals surface area contributed by atoms with Crippen LogP contribution in [0.25, 0.3) is 11.6 Å². The lowest BCUT2D eigenvalue weighted by atomic mass is 10.00. The topological polar surface area (TPSA) is 103 Å². The van der Waals surface area contributed by atoms with Crippen molar-refractivity contribution in [3.05, 3.63) is 76.9 Å². The number of aryl methyl sites for hydroxylation is 1. The van der Waals surface area contributed by atoms with Crippen LogP contribution in [0.2, 0.25) is 0 Å². The van der Waals surface area contributed by atoms with E-state index >= 15 is 0 Å². The molecule has 38 heavy (non-hydrogen) atoms. The third-order valence-corrected chi connectivity index (χ3v) is 5.40. The monoisotopic (exact) mass is 542 g/mol. The lowest BCUT2D eigenvalue weighted by molar-refractivity contribution is -0.143. The molecule has 0 atom stereocenters. The van der Waals surface area contributed by atoms with Gasteiger partial charge >= 0.3 is 12.4 Å². The van der Waals surface area contributed by atoms with Crippen molar-refractivity contribution in [2.75, 3.05) is 10.6 Å². The summed E-state index contributed by atoms with van der Waals surface area (Å²) < 4.78 is 100. The first-order valence-corrected chi connectivity index (χ1v) is 10.7. The van der Waals surface area contributed by atoms with E-state index in [4.69, 9.17) is 10.2 Å². The van der Waals surface area contributed by atoms with E-state index in [-0.39, 0.29) is 29.4 Å². The Balaban J connectivity index is 1.67. The predicted molar refractivity (Wildman–Crippen MR) is 119 cm³/mol. The summed E-state index contributed by atoms with van der Waals surface area (Å²) in [6.07, 6.45) is -11.1. The Morgan fingerprint density at radius 1 is 1.00 bits per heavy atom. The Hall–Kier alpha value is -4.43. The summed E-state index contributed by atoms with van der Waals surface area (Å²) in [4.78, 5) is 14.2. The van der Waals surface area contributed by atoms with E-state index in [0.29, 0.717) is 17.8 Å². The number of hydrogen-bond acceptors (Lipinski definition) is 6. The van der Waals surface area contributed by atoms with E-state index in [2.05, 4.69) is 15.3 Å². The maximum absolute atomic E-state index is 13.6. The van der Waals surface area contributed by atoms with Crippen LogP contribution < -0.4 is 10.6 Å². The van der Waals surface area contributed by atoms with Crippen LogP contribution in [0.15, 0.2) is 52.9 Å². The zero-order valence-corrected chi connectivity index (χ0v) is 19.3. The third-order valence-electron chi connectivity index (χ3n) is 5.40. The van der Waals surface area contributed by atoms with Crippen molar-refractivity contribution in [1.82, 2.24) is 20.0 Å². The van der Waals surface area contributed by atoms with E-state index in [9.17, 15) is 35.5 Å². The molecule has 0 spiro atoms. The van der Waals surface area contributed by atoms with Gasteiger partial charge in [0.25, 0.3) is 5.89 Å². The minimum Gasteiger partial charge on any atom is -0.417 e. The van der Waals surface area contributed by atoms with Gasteiger partial charge < -0.3 is 15.1 Å². The molecule has 0 aliphatic heterocycles. The molecule has 8 nitrogen and oxygen atoms in total. The Kier molecular flexibility index (Phi) is 6.86. The molecule has 200 valence electrons. The second kappa shape index (κ2) is 9.79. The van der Waals surface area contributed by atoms with E-state index in [0.717, 1.165) is 17.0 Å². The number of nitrogens with two attached hydrogens (primary N) is 1. The number of carbonyl (C=O) groups excluding carboxylic acids is 1. The molecular weight excluding hydrogens is 525 g/mol. The van der Waals surface area contributed by atoms with Gasteiger partial charge in [0.05, 0.1) is 17.5 Å². The van der Waals surface area contributed by atoms with Crippen LogP contribution in [0.3, 0.4) is 0 Å². The van der Waals surface area contributed by atoms with Gasteiger partial charge in [0.15, 0.2) is 0 Å². The highest BCUT2D eigenvalue weighted by Gasteiger charge is 2.38. The summed E-state index contributed by atoms with van der Waals surface area (Å²) in [5.41, 5.74) is 2.26. The molecule has 0 saturated carbocycles. The summed E-state index contributed by atoms with van der Waals surface area (Å²) in [6, 6.07) is 6.90. The van der Waals surface area contributed by atoms with Gasteiger partial charge in [-0.25, -0.2) is 4.39 Å². The number of benzene rings is 2. The maximum Gasteiger partial charge on any atom is 0.416 e. The van der Waals surface area contributed by atoms with Gasteiger partial charge in [0.1, 0.15) is 23.9 Å². The normalized spacial score (nSPS) is 12.1. The lowest BCUT2D eigenvalue weighted by Gasteiger charge is -2.23. The van der Waals surface area contributed by atoms with E-state index in [1.807, 2.05) is 0 Å². The minimum atomic E-state index is -5.16. The molecule has 0 saturated heterocycles. The summed E-state index contributed by atoms with van der Waals surface area (Å²) in [6.45, 7) is -0.438. The van der Waals surface area contributed by atoms with Crippen LogP contribution in [-0.4, -0.2) is 25.9 Å². The first kappa shape index (κ1) is 26.6. The number of nitrogen functional groups attached to an aromatic ring is 1. The summed E-state index contributed by atoms with van der Waals surface area (Å²) in [7, 11) is 1.56. The van der Waals surface area contributed by atoms with Crippen LogP contribution in [0.4, 0.5) is 42.2 Å². The average Bonchev–Trinajstić information content (AvgIpc) is 3.42. The molecular formula is C23H17F7N6O2. The standard InChI is InChI=1S/C23H17F7N6O2/c1-35-17(10-18(31)34-35)21-33-32-19(38-21)11-36(15-6-4-14(24)5-7-15)20(37)8-12-2-3-13(22(25,26)27)9-16(12)23(28,29)30/h2-7,9-10H,8,11H2,1H3,(H2,31,34). The number of alkyl halides is 6. The maximum atomic E-state index is 13.6. The second-order valence-corrected chi connectivity index (χ2v) is 8.08. The van der Waals surface area contributed by atoms with Crippen molar-refractivity contribution in [3.63, 3.8) is 0 Å². The van der Waals surface area contributed by atoms with Gasteiger partial charge in [-0.15, -0.1) is 10.2 Å². The number of anilines is 2. The van der Waals surface area contributed by atoms with Crippen molar-refractivity contribution < 1.29 is 39.9 Å². The smallest absolute Gasteiger partial charge is 0.416 e. The highest BCUT2D eigenvalue weighted by Crippen LogP contribution is 2.38. The van der Waals surface area contributed by atoms with Crippen molar-refractivity contribution in [2.45, 2.75) is 25.3 Å². The van der Waals surface area contributed by atoms with Gasteiger partial charge in [-0.05, 0) is 42.0 Å². The van der Waals surface area contributed by atoms with E-state index in [1.165, 1.54) is 22.9 Å². The van der Waals surface area contributed by atoms with Crippen LogP contribution in [0.1, 0.15) is 22.6 Å². The number of nitrogens with zero attached hydrogens (tertiary/aromatic N) is 5. The Bertz CT molecular complexity index is 1460. The zero-order valence-electron chi connectivity index (χ0n) is 19.3. The molecule has 0 aliphatic carbocycles. The summed E-state index contributed by atoms with van der Waals surface area (Å²) in [5, 5.41) is 11.6. The Morgan fingerprint density at radius 3 is 2.26 bits per heavy atom. The molecule has 2 N–H and O–H groups in total. The lowest BCUT2D eigenvalue weighted by Crippen LogP contribution is -2.32. The molecule has 2 heterocycles. The largest absolute Gasteiger partial charge is 0.417 e. The molecule has 0 radical (unpaired) electrons. The molecule has 2 aromatic heterocycles. The zero-order chi connectivity index (χ0) is 27.8. The van der Waals surface area contributed by atoms with Gasteiger partial charge in [-0.2, -0.15) is 31.4 Å². The van der Waals surface area contributed by atoms with Gasteiger partial charge in [-0.1, -0.05) is 6.07 Å². The minimum absolute atomic E-state index is 0.0136. The number of carbonyl (C=O) groups is 1. The van der Waals surface area contributed by atoms with Crippen molar-refractivity contribution >= 4 is 17.4 Å². The second-order valence-electron chi connectivity index (χ2n) is 8.08. The quantitative estimate of drug-likeness (QED) is 0.344. The van der Waals surface area contributed by atoms with Gasteiger partial charge in [-0.3, -0.25) is 9.48 Å². The van der Waals surface area contributed by atoms with E-state index < -0.39 is 53.7 Å².